The third-order valence-electron chi connectivity index (χ3n) is 1.63. The molecule has 76 valence electrons. The second-order valence-corrected chi connectivity index (χ2v) is 2.62. The van der Waals surface area contributed by atoms with Gasteiger partial charge in [-0.05, 0) is 19.1 Å². The highest BCUT2D eigenvalue weighted by Gasteiger charge is 2.00. The number of amidine groups is 1. The third kappa shape index (κ3) is 2.65. The summed E-state index contributed by atoms with van der Waals surface area (Å²) in [4.78, 5) is 4.58. The number of nitrogens with two attached hydrogens (primary N) is 1. The minimum Gasteiger partial charge on any atom is -0.494 e. The van der Waals surface area contributed by atoms with Crippen LogP contribution in [0.1, 0.15) is 12.5 Å². The standard InChI is InChI=1S/C10H14N2O2/c1-3-14-9-6-4-5-8(7-9)10(11)12-13-2/h4-7H,3H2,1-2H3,(H2,11,12). The highest BCUT2D eigenvalue weighted by Crippen LogP contribution is 2.12. The number of oxime groups is 1. The van der Waals surface area contributed by atoms with E-state index in [1.165, 1.54) is 7.11 Å². The van der Waals surface area contributed by atoms with E-state index >= 15 is 0 Å². The molecular formula is C10H14N2O2. The van der Waals surface area contributed by atoms with Gasteiger partial charge in [0, 0.05) is 5.56 Å². The van der Waals surface area contributed by atoms with Crippen LogP contribution in [0.5, 0.6) is 5.75 Å². The molecule has 1 rings (SSSR count). The van der Waals surface area contributed by atoms with E-state index in [-0.39, 0.29) is 0 Å². The van der Waals surface area contributed by atoms with Crippen molar-refractivity contribution in [3.05, 3.63) is 29.8 Å². The minimum absolute atomic E-state index is 0.342. The van der Waals surface area contributed by atoms with Crippen molar-refractivity contribution in [2.75, 3.05) is 13.7 Å². The molecule has 1 aromatic carbocycles. The Bertz CT molecular complexity index is 324. The normalized spacial score (nSPS) is 11.1. The topological polar surface area (TPSA) is 56.8 Å². The van der Waals surface area contributed by atoms with Gasteiger partial charge in [-0.15, -0.1) is 0 Å². The lowest BCUT2D eigenvalue weighted by Gasteiger charge is -2.04. The van der Waals surface area contributed by atoms with E-state index in [2.05, 4.69) is 9.99 Å². The summed E-state index contributed by atoms with van der Waals surface area (Å²) in [5.74, 6) is 1.12. The molecule has 2 N–H and O–H groups in total. The molecular weight excluding hydrogens is 180 g/mol. The average molecular weight is 194 g/mol. The van der Waals surface area contributed by atoms with Crippen LogP contribution in [-0.2, 0) is 4.84 Å². The van der Waals surface area contributed by atoms with Gasteiger partial charge in [-0.1, -0.05) is 17.3 Å². The van der Waals surface area contributed by atoms with E-state index in [4.69, 9.17) is 10.5 Å². The smallest absolute Gasteiger partial charge is 0.170 e. The molecule has 0 aliphatic carbocycles. The SMILES string of the molecule is CCOc1cccc(/C(N)=N/OC)c1. The number of hydrogen-bond acceptors (Lipinski definition) is 3. The Morgan fingerprint density at radius 2 is 2.29 bits per heavy atom. The molecule has 14 heavy (non-hydrogen) atoms. The Morgan fingerprint density at radius 1 is 1.50 bits per heavy atom. The second kappa shape index (κ2) is 5.11. The summed E-state index contributed by atoms with van der Waals surface area (Å²) in [6.45, 7) is 2.56. The van der Waals surface area contributed by atoms with Crippen LogP contribution in [0.3, 0.4) is 0 Å². The van der Waals surface area contributed by atoms with Crippen molar-refractivity contribution in [3.63, 3.8) is 0 Å². The average Bonchev–Trinajstić information content (AvgIpc) is 2.19. The molecule has 4 nitrogen and oxygen atoms in total. The van der Waals surface area contributed by atoms with Crippen LogP contribution >= 0.6 is 0 Å². The molecule has 4 heteroatoms. The Morgan fingerprint density at radius 3 is 2.93 bits per heavy atom. The van der Waals surface area contributed by atoms with Crippen LogP contribution in [0.4, 0.5) is 0 Å². The van der Waals surface area contributed by atoms with Crippen LogP contribution < -0.4 is 10.5 Å². The summed E-state index contributed by atoms with van der Waals surface area (Å²) in [6, 6.07) is 7.40. The zero-order chi connectivity index (χ0) is 10.4. The third-order valence-corrected chi connectivity index (χ3v) is 1.63. The zero-order valence-electron chi connectivity index (χ0n) is 8.36. The van der Waals surface area contributed by atoms with E-state index in [1.807, 2.05) is 31.2 Å². The maximum Gasteiger partial charge on any atom is 0.170 e. The Balaban J connectivity index is 2.87. The van der Waals surface area contributed by atoms with E-state index < -0.39 is 0 Å². The molecule has 0 aliphatic rings. The van der Waals surface area contributed by atoms with Crippen molar-refractivity contribution in [3.8, 4) is 5.75 Å². The fourth-order valence-corrected chi connectivity index (χ4v) is 1.06. The first kappa shape index (κ1) is 10.4. The van der Waals surface area contributed by atoms with Gasteiger partial charge in [0.1, 0.15) is 12.9 Å². The Labute approximate surface area is 83.3 Å². The van der Waals surface area contributed by atoms with Crippen molar-refractivity contribution in [2.24, 2.45) is 10.9 Å². The minimum atomic E-state index is 0.342. The lowest BCUT2D eigenvalue weighted by atomic mass is 10.2. The summed E-state index contributed by atoms with van der Waals surface area (Å²) in [7, 11) is 1.46. The van der Waals surface area contributed by atoms with Gasteiger partial charge in [0.25, 0.3) is 0 Å². The van der Waals surface area contributed by atoms with Gasteiger partial charge in [0.15, 0.2) is 5.84 Å². The summed E-state index contributed by atoms with van der Waals surface area (Å²) >= 11 is 0. The predicted octanol–water partition coefficient (Wildman–Crippen LogP) is 1.35. The van der Waals surface area contributed by atoms with E-state index in [9.17, 15) is 0 Å². The monoisotopic (exact) mass is 194 g/mol. The van der Waals surface area contributed by atoms with Gasteiger partial charge in [0.2, 0.25) is 0 Å². The Hall–Kier alpha value is -1.71. The molecule has 0 unspecified atom stereocenters. The molecule has 0 bridgehead atoms. The maximum atomic E-state index is 5.64. The summed E-state index contributed by atoms with van der Waals surface area (Å²) in [6.07, 6.45) is 0. The number of ether oxygens (including phenoxy) is 1. The van der Waals surface area contributed by atoms with Gasteiger partial charge in [-0.25, -0.2) is 0 Å². The first-order valence-corrected chi connectivity index (χ1v) is 4.37. The van der Waals surface area contributed by atoms with Crippen molar-refractivity contribution in [2.45, 2.75) is 6.92 Å². The highest BCUT2D eigenvalue weighted by molar-refractivity contribution is 5.97. The fraction of sp³-hybridized carbons (Fsp3) is 0.300. The zero-order valence-corrected chi connectivity index (χ0v) is 8.36. The summed E-state index contributed by atoms with van der Waals surface area (Å²) in [5.41, 5.74) is 6.43. The van der Waals surface area contributed by atoms with Crippen molar-refractivity contribution >= 4 is 5.84 Å². The molecule has 0 heterocycles. The second-order valence-electron chi connectivity index (χ2n) is 2.62. The first-order chi connectivity index (χ1) is 6.77. The van der Waals surface area contributed by atoms with Crippen molar-refractivity contribution < 1.29 is 9.57 Å². The molecule has 0 saturated heterocycles. The lowest BCUT2D eigenvalue weighted by molar-refractivity contribution is 0.213. The van der Waals surface area contributed by atoms with Crippen molar-refractivity contribution in [1.82, 2.24) is 0 Å². The molecule has 0 radical (unpaired) electrons. The van der Waals surface area contributed by atoms with Gasteiger partial charge >= 0.3 is 0 Å². The Kier molecular flexibility index (Phi) is 3.79. The molecule has 0 fully saturated rings. The van der Waals surface area contributed by atoms with Crippen LogP contribution in [0.25, 0.3) is 0 Å². The highest BCUT2D eigenvalue weighted by atomic mass is 16.6. The first-order valence-electron chi connectivity index (χ1n) is 4.37. The van der Waals surface area contributed by atoms with Gasteiger partial charge in [-0.2, -0.15) is 0 Å². The maximum absolute atomic E-state index is 5.64. The molecule has 0 aliphatic heterocycles. The number of nitrogens with zero attached hydrogens (tertiary/aromatic N) is 1. The van der Waals surface area contributed by atoms with E-state index in [0.717, 1.165) is 11.3 Å². The molecule has 0 amide bonds. The molecule has 0 aromatic heterocycles. The summed E-state index contributed by atoms with van der Waals surface area (Å²) < 4.78 is 5.32. The molecule has 0 atom stereocenters. The molecule has 0 spiro atoms. The summed E-state index contributed by atoms with van der Waals surface area (Å²) in [5, 5.41) is 3.63. The fourth-order valence-electron chi connectivity index (χ4n) is 1.06. The van der Waals surface area contributed by atoms with Gasteiger partial charge < -0.3 is 15.3 Å². The van der Waals surface area contributed by atoms with Gasteiger partial charge in [0.05, 0.1) is 6.61 Å². The van der Waals surface area contributed by atoms with E-state index in [1.54, 1.807) is 0 Å². The van der Waals surface area contributed by atoms with Crippen LogP contribution in [0, 0.1) is 0 Å². The predicted molar refractivity (Wildman–Crippen MR) is 55.3 cm³/mol. The van der Waals surface area contributed by atoms with Gasteiger partial charge in [-0.3, -0.25) is 0 Å². The molecule has 1 aromatic rings. The van der Waals surface area contributed by atoms with Crippen molar-refractivity contribution in [1.29, 1.82) is 0 Å². The number of rotatable bonds is 4. The molecule has 0 saturated carbocycles. The van der Waals surface area contributed by atoms with Crippen LogP contribution in [-0.4, -0.2) is 19.6 Å². The van der Waals surface area contributed by atoms with Crippen LogP contribution in [0.15, 0.2) is 29.4 Å². The number of benzene rings is 1. The quantitative estimate of drug-likeness (QED) is 0.447. The lowest BCUT2D eigenvalue weighted by Crippen LogP contribution is -2.13. The van der Waals surface area contributed by atoms with Crippen LogP contribution in [0.2, 0.25) is 0 Å². The van der Waals surface area contributed by atoms with E-state index in [0.29, 0.717) is 12.4 Å². The number of hydrogen-bond donors (Lipinski definition) is 1. The largest absolute Gasteiger partial charge is 0.494 e.